The second-order valence-corrected chi connectivity index (χ2v) is 12.3. The standard InChI is InChI=1S/C38H45N3O6/c1-40-14-12-26-19-34(43-4)36(45-6)21-28(26)30(40)16-24-8-10-32(33(18-24)42-3)47-38-11-9-25(23-39-38)17-31-29-22-37(46-7)35(44-5)20-27(29)13-15-41(31)2/h8-11,18-23,30-31H,12-17H2,1-7H3/t30-,31-/m1/s1. The van der Waals surface area contributed by atoms with Crippen LogP contribution in [0.15, 0.2) is 60.8 Å². The highest BCUT2D eigenvalue weighted by Gasteiger charge is 2.29. The Bertz CT molecular complexity index is 1710. The van der Waals surface area contributed by atoms with Crippen LogP contribution in [0.3, 0.4) is 0 Å². The van der Waals surface area contributed by atoms with Crippen molar-refractivity contribution < 1.29 is 28.4 Å². The quantitative estimate of drug-likeness (QED) is 0.184. The van der Waals surface area contributed by atoms with E-state index in [4.69, 9.17) is 28.4 Å². The average molecular weight is 640 g/mol. The van der Waals surface area contributed by atoms with E-state index in [-0.39, 0.29) is 12.1 Å². The topological polar surface area (TPSA) is 74.8 Å². The molecule has 0 unspecified atom stereocenters. The molecule has 4 aromatic rings. The molecule has 0 aliphatic carbocycles. The van der Waals surface area contributed by atoms with Gasteiger partial charge in [0.25, 0.3) is 0 Å². The van der Waals surface area contributed by atoms with Crippen molar-refractivity contribution in [2.75, 3.05) is 62.7 Å². The Kier molecular flexibility index (Phi) is 9.75. The second-order valence-electron chi connectivity index (χ2n) is 12.3. The van der Waals surface area contributed by atoms with Crippen molar-refractivity contribution in [3.05, 3.63) is 94.2 Å². The zero-order valence-electron chi connectivity index (χ0n) is 28.5. The van der Waals surface area contributed by atoms with Crippen molar-refractivity contribution in [2.45, 2.75) is 37.8 Å². The summed E-state index contributed by atoms with van der Waals surface area (Å²) in [6.07, 6.45) is 5.49. The molecule has 6 rings (SSSR count). The Morgan fingerprint density at radius 1 is 0.574 bits per heavy atom. The lowest BCUT2D eigenvalue weighted by molar-refractivity contribution is 0.227. The van der Waals surface area contributed by atoms with Gasteiger partial charge in [0.2, 0.25) is 5.88 Å². The molecule has 3 heterocycles. The first kappa shape index (κ1) is 32.5. The van der Waals surface area contributed by atoms with Crippen LogP contribution in [0, 0.1) is 0 Å². The first-order valence-electron chi connectivity index (χ1n) is 16.1. The molecule has 2 aliphatic heterocycles. The number of fused-ring (bicyclic) bond motifs is 2. The molecule has 9 nitrogen and oxygen atoms in total. The van der Waals surface area contributed by atoms with E-state index in [0.29, 0.717) is 17.4 Å². The van der Waals surface area contributed by atoms with Gasteiger partial charge in [0.15, 0.2) is 34.5 Å². The SMILES string of the molecule is COc1cc2c(cc1OC)[C@@H](Cc1ccc(Oc3ccc(C[C@@H]4c5cc(OC)c(OC)cc5CCN4C)cc3OC)nc1)N(C)CC2. The minimum atomic E-state index is 0.197. The number of pyridine rings is 1. The highest BCUT2D eigenvalue weighted by atomic mass is 16.5. The lowest BCUT2D eigenvalue weighted by Crippen LogP contribution is -2.33. The van der Waals surface area contributed by atoms with E-state index < -0.39 is 0 Å². The van der Waals surface area contributed by atoms with Crippen molar-refractivity contribution in [3.63, 3.8) is 0 Å². The fourth-order valence-electron chi connectivity index (χ4n) is 6.91. The maximum atomic E-state index is 6.24. The van der Waals surface area contributed by atoms with Gasteiger partial charge in [-0.05, 0) is 110 Å². The largest absolute Gasteiger partial charge is 0.493 e. The van der Waals surface area contributed by atoms with Gasteiger partial charge in [-0.15, -0.1) is 0 Å². The van der Waals surface area contributed by atoms with Crippen molar-refractivity contribution in [1.29, 1.82) is 0 Å². The molecule has 9 heteroatoms. The third-order valence-electron chi connectivity index (χ3n) is 9.64. The van der Waals surface area contributed by atoms with Crippen molar-refractivity contribution in [2.24, 2.45) is 0 Å². The number of hydrogen-bond acceptors (Lipinski definition) is 9. The van der Waals surface area contributed by atoms with Gasteiger partial charge in [0.05, 0.1) is 35.5 Å². The van der Waals surface area contributed by atoms with E-state index in [1.165, 1.54) is 22.3 Å². The molecule has 0 fully saturated rings. The molecule has 2 aliphatic rings. The Morgan fingerprint density at radius 2 is 1.04 bits per heavy atom. The number of hydrogen-bond donors (Lipinski definition) is 0. The molecule has 2 atom stereocenters. The van der Waals surface area contributed by atoms with Gasteiger partial charge in [0.1, 0.15) is 0 Å². The minimum absolute atomic E-state index is 0.197. The molecule has 0 saturated carbocycles. The van der Waals surface area contributed by atoms with Crippen molar-refractivity contribution in [3.8, 4) is 40.4 Å². The summed E-state index contributed by atoms with van der Waals surface area (Å²) in [7, 11) is 12.7. The number of nitrogens with zero attached hydrogens (tertiary/aromatic N) is 3. The molecule has 47 heavy (non-hydrogen) atoms. The fraction of sp³-hybridized carbons (Fsp3) is 0.395. The van der Waals surface area contributed by atoms with Gasteiger partial charge in [-0.25, -0.2) is 4.98 Å². The van der Waals surface area contributed by atoms with Crippen LogP contribution in [-0.2, 0) is 25.7 Å². The van der Waals surface area contributed by atoms with Gasteiger partial charge in [-0.2, -0.15) is 0 Å². The van der Waals surface area contributed by atoms with Gasteiger partial charge < -0.3 is 28.4 Å². The predicted octanol–water partition coefficient (Wildman–Crippen LogP) is 6.46. The van der Waals surface area contributed by atoms with Crippen LogP contribution in [-0.4, -0.2) is 77.5 Å². The van der Waals surface area contributed by atoms with Gasteiger partial charge in [-0.3, -0.25) is 9.80 Å². The number of benzene rings is 3. The molecular formula is C38H45N3O6. The number of methoxy groups -OCH3 is 5. The number of aromatic nitrogens is 1. The third-order valence-corrected chi connectivity index (χ3v) is 9.64. The third kappa shape index (κ3) is 6.68. The Balaban J connectivity index is 1.17. The van der Waals surface area contributed by atoms with Crippen LogP contribution in [0.5, 0.6) is 40.4 Å². The summed E-state index contributed by atoms with van der Waals surface area (Å²) in [5.41, 5.74) is 7.42. The lowest BCUT2D eigenvalue weighted by atomic mass is 9.88. The maximum Gasteiger partial charge on any atom is 0.219 e. The van der Waals surface area contributed by atoms with E-state index in [1.807, 2.05) is 18.3 Å². The molecule has 0 N–H and O–H groups in total. The van der Waals surface area contributed by atoms with Crippen LogP contribution >= 0.6 is 0 Å². The summed E-state index contributed by atoms with van der Waals surface area (Å²) in [4.78, 5) is 9.46. The van der Waals surface area contributed by atoms with E-state index in [9.17, 15) is 0 Å². The molecule has 0 saturated heterocycles. The number of rotatable bonds is 11. The van der Waals surface area contributed by atoms with E-state index in [0.717, 1.165) is 72.9 Å². The van der Waals surface area contributed by atoms with Crippen LogP contribution in [0.4, 0.5) is 0 Å². The van der Waals surface area contributed by atoms with E-state index >= 15 is 0 Å². The first-order chi connectivity index (χ1) is 22.8. The Morgan fingerprint density at radius 3 is 1.53 bits per heavy atom. The number of ether oxygens (including phenoxy) is 6. The van der Waals surface area contributed by atoms with Crippen LogP contribution in [0.2, 0.25) is 0 Å². The molecule has 0 amide bonds. The highest BCUT2D eigenvalue weighted by molar-refractivity contribution is 5.52. The molecule has 0 radical (unpaired) electrons. The number of likely N-dealkylation sites (N-methyl/N-ethyl adjacent to an activating group) is 2. The highest BCUT2D eigenvalue weighted by Crippen LogP contribution is 2.41. The average Bonchev–Trinajstić information content (AvgIpc) is 3.10. The molecular weight excluding hydrogens is 594 g/mol. The second kappa shape index (κ2) is 14.1. The first-order valence-corrected chi connectivity index (χ1v) is 16.1. The van der Waals surface area contributed by atoms with Gasteiger partial charge >= 0.3 is 0 Å². The summed E-state index contributed by atoms with van der Waals surface area (Å²) in [5.74, 6) is 4.87. The molecule has 3 aromatic carbocycles. The van der Waals surface area contributed by atoms with E-state index in [1.54, 1.807) is 35.5 Å². The lowest BCUT2D eigenvalue weighted by Gasteiger charge is -2.35. The molecule has 0 spiro atoms. The zero-order valence-corrected chi connectivity index (χ0v) is 28.5. The smallest absolute Gasteiger partial charge is 0.219 e. The van der Waals surface area contributed by atoms with Gasteiger partial charge in [0, 0.05) is 37.4 Å². The fourth-order valence-corrected chi connectivity index (χ4v) is 6.91. The Hall–Kier alpha value is -4.47. The van der Waals surface area contributed by atoms with Crippen molar-refractivity contribution >= 4 is 0 Å². The van der Waals surface area contributed by atoms with Gasteiger partial charge in [-0.1, -0.05) is 12.1 Å². The summed E-state index contributed by atoms with van der Waals surface area (Å²) in [6, 6.07) is 19.0. The summed E-state index contributed by atoms with van der Waals surface area (Å²) in [6.45, 7) is 1.95. The maximum absolute atomic E-state index is 6.24. The molecule has 248 valence electrons. The van der Waals surface area contributed by atoms with Crippen LogP contribution in [0.25, 0.3) is 0 Å². The summed E-state index contributed by atoms with van der Waals surface area (Å²) >= 11 is 0. The normalized spacial score (nSPS) is 17.8. The Labute approximate surface area is 277 Å². The van der Waals surface area contributed by atoms with Crippen LogP contribution in [0.1, 0.15) is 45.5 Å². The molecule has 1 aromatic heterocycles. The zero-order chi connectivity index (χ0) is 33.1. The van der Waals surface area contributed by atoms with Crippen LogP contribution < -0.4 is 28.4 Å². The summed E-state index contributed by atoms with van der Waals surface area (Å²) < 4.78 is 34.4. The minimum Gasteiger partial charge on any atom is -0.493 e. The molecule has 0 bridgehead atoms. The van der Waals surface area contributed by atoms with E-state index in [2.05, 4.69) is 71.3 Å². The predicted molar refractivity (Wildman–Crippen MR) is 182 cm³/mol. The van der Waals surface area contributed by atoms with Crippen molar-refractivity contribution in [1.82, 2.24) is 14.8 Å². The monoisotopic (exact) mass is 639 g/mol. The summed E-state index contributed by atoms with van der Waals surface area (Å²) in [5, 5.41) is 0.